The Morgan fingerprint density at radius 3 is 2.55 bits per heavy atom. The van der Waals surface area contributed by atoms with Crippen molar-refractivity contribution in [2.45, 2.75) is 20.3 Å². The standard InChI is InChI=1S/C18H23N3O/c1-3-21(4-2)17-14-16(11-13-19-17)18(22)20-12-10-15-8-6-5-7-9-15/h5-9,11,13-14H,3-4,10,12H2,1-2H3,(H,20,22). The van der Waals surface area contributed by atoms with Gasteiger partial charge in [-0.1, -0.05) is 30.3 Å². The van der Waals surface area contributed by atoms with E-state index in [1.807, 2.05) is 24.3 Å². The van der Waals surface area contributed by atoms with Crippen molar-refractivity contribution in [2.75, 3.05) is 24.5 Å². The van der Waals surface area contributed by atoms with Gasteiger partial charge in [0.25, 0.3) is 5.91 Å². The maximum absolute atomic E-state index is 12.2. The van der Waals surface area contributed by atoms with Crippen LogP contribution >= 0.6 is 0 Å². The summed E-state index contributed by atoms with van der Waals surface area (Å²) < 4.78 is 0. The zero-order valence-electron chi connectivity index (χ0n) is 13.2. The fourth-order valence-electron chi connectivity index (χ4n) is 2.35. The zero-order chi connectivity index (χ0) is 15.8. The maximum Gasteiger partial charge on any atom is 0.251 e. The van der Waals surface area contributed by atoms with Crippen LogP contribution in [0.1, 0.15) is 29.8 Å². The molecule has 2 rings (SSSR count). The minimum Gasteiger partial charge on any atom is -0.357 e. The third kappa shape index (κ3) is 4.32. The molecule has 1 aromatic carbocycles. The Balaban J connectivity index is 1.93. The van der Waals surface area contributed by atoms with Crippen molar-refractivity contribution in [3.05, 3.63) is 59.8 Å². The molecule has 0 unspecified atom stereocenters. The van der Waals surface area contributed by atoms with E-state index in [1.165, 1.54) is 5.56 Å². The van der Waals surface area contributed by atoms with Gasteiger partial charge >= 0.3 is 0 Å². The van der Waals surface area contributed by atoms with Crippen LogP contribution in [0.15, 0.2) is 48.7 Å². The molecule has 1 amide bonds. The molecule has 1 heterocycles. The Morgan fingerprint density at radius 1 is 1.14 bits per heavy atom. The molecule has 0 spiro atoms. The Bertz CT molecular complexity index is 594. The molecule has 2 aromatic rings. The summed E-state index contributed by atoms with van der Waals surface area (Å²) in [6, 6.07) is 13.8. The molecule has 22 heavy (non-hydrogen) atoms. The number of nitrogens with zero attached hydrogens (tertiary/aromatic N) is 2. The number of benzene rings is 1. The number of anilines is 1. The average Bonchev–Trinajstić information content (AvgIpc) is 2.57. The Labute approximate surface area is 132 Å². The summed E-state index contributed by atoms with van der Waals surface area (Å²) in [6.07, 6.45) is 2.53. The lowest BCUT2D eigenvalue weighted by Crippen LogP contribution is -2.27. The highest BCUT2D eigenvalue weighted by Crippen LogP contribution is 2.12. The summed E-state index contributed by atoms with van der Waals surface area (Å²) in [4.78, 5) is 18.7. The summed E-state index contributed by atoms with van der Waals surface area (Å²) in [7, 11) is 0. The lowest BCUT2D eigenvalue weighted by molar-refractivity contribution is 0.0954. The van der Waals surface area contributed by atoms with Crippen LogP contribution in [0, 0.1) is 0 Å². The molecular weight excluding hydrogens is 274 g/mol. The van der Waals surface area contributed by atoms with Gasteiger partial charge in [0, 0.05) is 31.4 Å². The number of rotatable bonds is 7. The molecule has 1 N–H and O–H groups in total. The van der Waals surface area contributed by atoms with Gasteiger partial charge in [-0.05, 0) is 38.0 Å². The highest BCUT2D eigenvalue weighted by atomic mass is 16.1. The molecule has 0 aliphatic heterocycles. The topological polar surface area (TPSA) is 45.2 Å². The van der Waals surface area contributed by atoms with E-state index >= 15 is 0 Å². The zero-order valence-corrected chi connectivity index (χ0v) is 13.2. The summed E-state index contributed by atoms with van der Waals surface area (Å²) in [5.74, 6) is 0.799. The van der Waals surface area contributed by atoms with Crippen molar-refractivity contribution in [3.63, 3.8) is 0 Å². The first kappa shape index (κ1) is 16.0. The monoisotopic (exact) mass is 297 g/mol. The summed E-state index contributed by atoms with van der Waals surface area (Å²) in [5, 5.41) is 2.96. The molecule has 0 fully saturated rings. The number of carbonyl (C=O) groups excluding carboxylic acids is 1. The lowest BCUT2D eigenvalue weighted by atomic mass is 10.1. The van der Waals surface area contributed by atoms with Gasteiger partial charge in [-0.2, -0.15) is 0 Å². The third-order valence-electron chi connectivity index (χ3n) is 3.64. The average molecular weight is 297 g/mol. The number of amides is 1. The molecule has 4 nitrogen and oxygen atoms in total. The summed E-state index contributed by atoms with van der Waals surface area (Å²) in [6.45, 7) is 6.55. The van der Waals surface area contributed by atoms with Crippen LogP contribution in [0.4, 0.5) is 5.82 Å². The summed E-state index contributed by atoms with van der Waals surface area (Å²) >= 11 is 0. The van der Waals surface area contributed by atoms with Crippen LogP contribution in [0.25, 0.3) is 0 Å². The van der Waals surface area contributed by atoms with E-state index in [1.54, 1.807) is 12.3 Å². The number of aromatic nitrogens is 1. The Kier molecular flexibility index (Phi) is 5.95. The molecule has 0 saturated carbocycles. The van der Waals surface area contributed by atoms with E-state index in [-0.39, 0.29) is 5.91 Å². The molecule has 1 aromatic heterocycles. The lowest BCUT2D eigenvalue weighted by Gasteiger charge is -2.20. The van der Waals surface area contributed by atoms with Crippen LogP contribution in [0.5, 0.6) is 0 Å². The number of pyridine rings is 1. The maximum atomic E-state index is 12.2. The van der Waals surface area contributed by atoms with Crippen LogP contribution in [0.3, 0.4) is 0 Å². The second-order valence-electron chi connectivity index (χ2n) is 5.07. The van der Waals surface area contributed by atoms with E-state index in [4.69, 9.17) is 0 Å². The van der Waals surface area contributed by atoms with Crippen molar-refractivity contribution in [2.24, 2.45) is 0 Å². The number of hydrogen-bond donors (Lipinski definition) is 1. The molecule has 0 saturated heterocycles. The SMILES string of the molecule is CCN(CC)c1cc(C(=O)NCCc2ccccc2)ccn1. The van der Waals surface area contributed by atoms with Gasteiger partial charge in [-0.3, -0.25) is 4.79 Å². The molecule has 116 valence electrons. The van der Waals surface area contributed by atoms with Gasteiger partial charge in [0.1, 0.15) is 5.82 Å². The van der Waals surface area contributed by atoms with E-state index in [9.17, 15) is 4.79 Å². The van der Waals surface area contributed by atoms with Crippen molar-refractivity contribution in [1.82, 2.24) is 10.3 Å². The molecule has 0 aliphatic rings. The number of hydrogen-bond acceptors (Lipinski definition) is 3. The van der Waals surface area contributed by atoms with E-state index in [0.29, 0.717) is 12.1 Å². The third-order valence-corrected chi connectivity index (χ3v) is 3.64. The smallest absolute Gasteiger partial charge is 0.251 e. The van der Waals surface area contributed by atoms with Gasteiger partial charge in [0.2, 0.25) is 0 Å². The Morgan fingerprint density at radius 2 is 1.86 bits per heavy atom. The summed E-state index contributed by atoms with van der Waals surface area (Å²) in [5.41, 5.74) is 1.88. The second-order valence-corrected chi connectivity index (χ2v) is 5.07. The highest BCUT2D eigenvalue weighted by Gasteiger charge is 2.09. The van der Waals surface area contributed by atoms with Crippen LogP contribution in [-0.2, 0) is 6.42 Å². The highest BCUT2D eigenvalue weighted by molar-refractivity contribution is 5.94. The number of carbonyl (C=O) groups is 1. The van der Waals surface area contributed by atoms with Crippen LogP contribution in [0.2, 0.25) is 0 Å². The van der Waals surface area contributed by atoms with Crippen LogP contribution < -0.4 is 10.2 Å². The van der Waals surface area contributed by atoms with Crippen molar-refractivity contribution in [1.29, 1.82) is 0 Å². The predicted molar refractivity (Wildman–Crippen MR) is 90.3 cm³/mol. The molecular formula is C18H23N3O. The fraction of sp³-hybridized carbons (Fsp3) is 0.333. The van der Waals surface area contributed by atoms with Gasteiger partial charge in [0.05, 0.1) is 0 Å². The molecule has 0 radical (unpaired) electrons. The van der Waals surface area contributed by atoms with E-state index in [2.05, 4.69) is 41.2 Å². The first-order chi connectivity index (χ1) is 10.7. The minimum absolute atomic E-state index is 0.0493. The largest absolute Gasteiger partial charge is 0.357 e. The molecule has 0 aliphatic carbocycles. The normalized spacial score (nSPS) is 10.3. The van der Waals surface area contributed by atoms with Crippen molar-refractivity contribution >= 4 is 11.7 Å². The predicted octanol–water partition coefficient (Wildman–Crippen LogP) is 2.90. The number of nitrogens with one attached hydrogen (secondary N) is 1. The second kappa shape index (κ2) is 8.17. The van der Waals surface area contributed by atoms with E-state index in [0.717, 1.165) is 25.3 Å². The molecule has 4 heteroatoms. The fourth-order valence-corrected chi connectivity index (χ4v) is 2.35. The van der Waals surface area contributed by atoms with Crippen LogP contribution in [-0.4, -0.2) is 30.5 Å². The molecule has 0 bridgehead atoms. The quantitative estimate of drug-likeness (QED) is 0.854. The van der Waals surface area contributed by atoms with Gasteiger partial charge < -0.3 is 10.2 Å². The van der Waals surface area contributed by atoms with Crippen molar-refractivity contribution in [3.8, 4) is 0 Å². The minimum atomic E-state index is -0.0493. The first-order valence-electron chi connectivity index (χ1n) is 7.77. The van der Waals surface area contributed by atoms with E-state index < -0.39 is 0 Å². The Hall–Kier alpha value is -2.36. The van der Waals surface area contributed by atoms with Crippen molar-refractivity contribution < 1.29 is 4.79 Å². The first-order valence-corrected chi connectivity index (χ1v) is 7.77. The van der Waals surface area contributed by atoms with Gasteiger partial charge in [0.15, 0.2) is 0 Å². The van der Waals surface area contributed by atoms with Gasteiger partial charge in [-0.15, -0.1) is 0 Å². The molecule has 0 atom stereocenters. The van der Waals surface area contributed by atoms with Gasteiger partial charge in [-0.25, -0.2) is 4.98 Å².